The first-order chi connectivity index (χ1) is 10.5. The van der Waals surface area contributed by atoms with Crippen LogP contribution in [0.15, 0.2) is 24.5 Å². The molecule has 0 saturated carbocycles. The van der Waals surface area contributed by atoms with Crippen molar-refractivity contribution in [2.45, 2.75) is 32.6 Å². The zero-order valence-electron chi connectivity index (χ0n) is 12.7. The van der Waals surface area contributed by atoms with Gasteiger partial charge in [0.1, 0.15) is 0 Å². The summed E-state index contributed by atoms with van der Waals surface area (Å²) in [5, 5.41) is 9.41. The number of hydrogen-bond donors (Lipinski definition) is 1. The lowest BCUT2D eigenvalue weighted by Crippen LogP contribution is -2.27. The third-order valence-electron chi connectivity index (χ3n) is 3.38. The second-order valence-electron chi connectivity index (χ2n) is 5.40. The molecule has 8 heteroatoms. The summed E-state index contributed by atoms with van der Waals surface area (Å²) in [6.07, 6.45) is 7.28. The predicted octanol–water partition coefficient (Wildman–Crippen LogP) is 1.59. The van der Waals surface area contributed by atoms with Crippen LogP contribution in [0.4, 0.5) is 0 Å². The standard InChI is InChI=1S/C14H22N4O3S/c1-2-3-4-5-12(11-22(15,19)20)10-21-14-7-6-13-16-8-9-18(13)17-14/h6-9,12H,2-5,10-11H2,1H3,(H2,15,19,20). The Morgan fingerprint density at radius 2 is 2.18 bits per heavy atom. The fraction of sp³-hybridized carbons (Fsp3) is 0.571. The molecule has 1 atom stereocenters. The molecular formula is C14H22N4O3S. The van der Waals surface area contributed by atoms with Crippen molar-refractivity contribution >= 4 is 15.7 Å². The second kappa shape index (κ2) is 7.55. The summed E-state index contributed by atoms with van der Waals surface area (Å²) in [6.45, 7) is 2.39. The molecule has 1 unspecified atom stereocenters. The van der Waals surface area contributed by atoms with Gasteiger partial charge in [0.25, 0.3) is 0 Å². The molecule has 2 N–H and O–H groups in total. The van der Waals surface area contributed by atoms with Crippen molar-refractivity contribution in [1.29, 1.82) is 0 Å². The highest BCUT2D eigenvalue weighted by Crippen LogP contribution is 2.15. The number of fused-ring (bicyclic) bond motifs is 1. The fourth-order valence-electron chi connectivity index (χ4n) is 2.30. The molecule has 7 nitrogen and oxygen atoms in total. The quantitative estimate of drug-likeness (QED) is 0.705. The van der Waals surface area contributed by atoms with Gasteiger partial charge in [0.05, 0.1) is 12.4 Å². The molecule has 2 rings (SSSR count). The lowest BCUT2D eigenvalue weighted by molar-refractivity contribution is 0.239. The van der Waals surface area contributed by atoms with E-state index in [1.807, 2.05) is 0 Å². The van der Waals surface area contributed by atoms with Crippen LogP contribution in [0.25, 0.3) is 5.65 Å². The normalized spacial score (nSPS) is 13.4. The minimum Gasteiger partial charge on any atom is -0.476 e. The summed E-state index contributed by atoms with van der Waals surface area (Å²) in [5.74, 6) is 0.256. The first-order valence-corrected chi connectivity index (χ1v) is 9.13. The number of nitrogens with zero attached hydrogens (tertiary/aromatic N) is 3. The third kappa shape index (κ3) is 5.27. The van der Waals surface area contributed by atoms with Crippen LogP contribution in [0.1, 0.15) is 32.6 Å². The van der Waals surface area contributed by atoms with Gasteiger partial charge in [-0.2, -0.15) is 0 Å². The van der Waals surface area contributed by atoms with Gasteiger partial charge >= 0.3 is 0 Å². The average Bonchev–Trinajstić information content (AvgIpc) is 2.90. The molecule has 0 fully saturated rings. The van der Waals surface area contributed by atoms with E-state index in [0.29, 0.717) is 5.88 Å². The highest BCUT2D eigenvalue weighted by Gasteiger charge is 2.17. The summed E-state index contributed by atoms with van der Waals surface area (Å²) >= 11 is 0. The third-order valence-corrected chi connectivity index (χ3v) is 4.32. The van der Waals surface area contributed by atoms with Crippen molar-refractivity contribution in [3.63, 3.8) is 0 Å². The number of aromatic nitrogens is 3. The molecule has 0 radical (unpaired) electrons. The Labute approximate surface area is 130 Å². The molecule has 0 aromatic carbocycles. The Balaban J connectivity index is 1.96. The van der Waals surface area contributed by atoms with Gasteiger partial charge in [-0.3, -0.25) is 0 Å². The van der Waals surface area contributed by atoms with Gasteiger partial charge in [0, 0.05) is 24.4 Å². The van der Waals surface area contributed by atoms with E-state index in [1.54, 1.807) is 29.0 Å². The number of rotatable bonds is 9. The van der Waals surface area contributed by atoms with Crippen molar-refractivity contribution in [2.24, 2.45) is 11.1 Å². The number of imidazole rings is 1. The van der Waals surface area contributed by atoms with Crippen LogP contribution < -0.4 is 9.88 Å². The Bertz CT molecular complexity index is 699. The Morgan fingerprint density at radius 1 is 1.36 bits per heavy atom. The zero-order valence-corrected chi connectivity index (χ0v) is 13.5. The number of ether oxygens (including phenoxy) is 1. The Hall–Kier alpha value is -1.67. The lowest BCUT2D eigenvalue weighted by atomic mass is 10.0. The highest BCUT2D eigenvalue weighted by molar-refractivity contribution is 7.89. The van der Waals surface area contributed by atoms with Crippen LogP contribution in [0.5, 0.6) is 5.88 Å². The fourth-order valence-corrected chi connectivity index (χ4v) is 3.22. The van der Waals surface area contributed by atoms with E-state index in [0.717, 1.165) is 31.3 Å². The summed E-state index contributed by atoms with van der Waals surface area (Å²) in [6, 6.07) is 3.52. The van der Waals surface area contributed by atoms with Crippen molar-refractivity contribution in [2.75, 3.05) is 12.4 Å². The maximum absolute atomic E-state index is 11.3. The van der Waals surface area contributed by atoms with E-state index in [4.69, 9.17) is 9.88 Å². The van der Waals surface area contributed by atoms with E-state index in [9.17, 15) is 8.42 Å². The summed E-state index contributed by atoms with van der Waals surface area (Å²) in [4.78, 5) is 4.10. The largest absolute Gasteiger partial charge is 0.476 e. The minimum absolute atomic E-state index is 0.0654. The average molecular weight is 326 g/mol. The first kappa shape index (κ1) is 16.7. The summed E-state index contributed by atoms with van der Waals surface area (Å²) in [5.41, 5.74) is 0.733. The number of unbranched alkanes of at least 4 members (excludes halogenated alkanes) is 2. The molecule has 122 valence electrons. The highest BCUT2D eigenvalue weighted by atomic mass is 32.2. The zero-order chi connectivity index (χ0) is 16.0. The lowest BCUT2D eigenvalue weighted by Gasteiger charge is -2.16. The number of hydrogen-bond acceptors (Lipinski definition) is 5. The van der Waals surface area contributed by atoms with Crippen LogP contribution >= 0.6 is 0 Å². The van der Waals surface area contributed by atoms with Gasteiger partial charge in [0.2, 0.25) is 15.9 Å². The second-order valence-corrected chi connectivity index (χ2v) is 7.06. The summed E-state index contributed by atoms with van der Waals surface area (Å²) < 4.78 is 29.9. The number of primary sulfonamides is 1. The van der Waals surface area contributed by atoms with Crippen LogP contribution in [0, 0.1) is 5.92 Å². The first-order valence-electron chi connectivity index (χ1n) is 7.41. The molecule has 0 bridgehead atoms. The molecule has 2 aromatic heterocycles. The molecule has 0 amide bonds. The molecule has 22 heavy (non-hydrogen) atoms. The molecule has 0 aliphatic rings. The molecule has 2 heterocycles. The van der Waals surface area contributed by atoms with Gasteiger partial charge in [-0.15, -0.1) is 5.10 Å². The number of nitrogens with two attached hydrogens (primary N) is 1. The molecule has 0 saturated heterocycles. The maximum Gasteiger partial charge on any atom is 0.231 e. The van der Waals surface area contributed by atoms with Crippen molar-refractivity contribution in [3.05, 3.63) is 24.5 Å². The molecule has 2 aromatic rings. The SMILES string of the molecule is CCCCCC(COc1ccc2nccn2n1)CS(N)(=O)=O. The molecule has 0 spiro atoms. The van der Waals surface area contributed by atoms with E-state index in [1.165, 1.54) is 0 Å². The van der Waals surface area contributed by atoms with Gasteiger partial charge in [0.15, 0.2) is 5.65 Å². The smallest absolute Gasteiger partial charge is 0.231 e. The summed E-state index contributed by atoms with van der Waals surface area (Å²) in [7, 11) is -3.51. The van der Waals surface area contributed by atoms with Gasteiger partial charge in [-0.05, 0) is 12.5 Å². The molecular weight excluding hydrogens is 304 g/mol. The van der Waals surface area contributed by atoms with Crippen molar-refractivity contribution in [1.82, 2.24) is 14.6 Å². The Kier molecular flexibility index (Phi) is 5.73. The van der Waals surface area contributed by atoms with Crippen LogP contribution in [-0.4, -0.2) is 35.4 Å². The topological polar surface area (TPSA) is 99.6 Å². The molecule has 0 aliphatic heterocycles. The van der Waals surface area contributed by atoms with Crippen LogP contribution in [-0.2, 0) is 10.0 Å². The molecule has 0 aliphatic carbocycles. The Morgan fingerprint density at radius 3 is 2.91 bits per heavy atom. The van der Waals surface area contributed by atoms with Gasteiger partial charge in [-0.25, -0.2) is 23.1 Å². The number of sulfonamides is 1. The van der Waals surface area contributed by atoms with Gasteiger partial charge in [-0.1, -0.05) is 26.2 Å². The van der Waals surface area contributed by atoms with Gasteiger partial charge < -0.3 is 4.74 Å². The van der Waals surface area contributed by atoms with E-state index < -0.39 is 10.0 Å². The predicted molar refractivity (Wildman–Crippen MR) is 84.1 cm³/mol. The van der Waals surface area contributed by atoms with Crippen molar-refractivity contribution < 1.29 is 13.2 Å². The monoisotopic (exact) mass is 326 g/mol. The van der Waals surface area contributed by atoms with Crippen molar-refractivity contribution in [3.8, 4) is 5.88 Å². The van der Waals surface area contributed by atoms with Crippen LogP contribution in [0.2, 0.25) is 0 Å². The van der Waals surface area contributed by atoms with E-state index in [2.05, 4.69) is 17.0 Å². The van der Waals surface area contributed by atoms with E-state index in [-0.39, 0.29) is 18.3 Å². The van der Waals surface area contributed by atoms with Crippen LogP contribution in [0.3, 0.4) is 0 Å². The maximum atomic E-state index is 11.3. The van der Waals surface area contributed by atoms with E-state index >= 15 is 0 Å². The minimum atomic E-state index is -3.51.